The van der Waals surface area contributed by atoms with E-state index in [0.717, 1.165) is 0 Å². The lowest BCUT2D eigenvalue weighted by molar-refractivity contribution is 0.195. The normalized spacial score (nSPS) is 11.8. The van der Waals surface area contributed by atoms with Crippen molar-refractivity contribution in [2.75, 3.05) is 0 Å². The smallest absolute Gasteiger partial charge is 0.413 e. The maximum Gasteiger partial charge on any atom is 0.413 e. The first kappa shape index (κ1) is 11.3. The third kappa shape index (κ3) is 3.11. The first-order valence-corrected chi connectivity index (χ1v) is 5.32. The number of rotatable bonds is 3. The van der Waals surface area contributed by atoms with Crippen molar-refractivity contribution in [1.82, 2.24) is 5.32 Å². The van der Waals surface area contributed by atoms with Gasteiger partial charge < -0.3 is 14.5 Å². The van der Waals surface area contributed by atoms with Crippen LogP contribution >= 0.6 is 0 Å². The topological polar surface area (TPSA) is 51.5 Å². The Morgan fingerprint density at radius 3 is 2.65 bits per heavy atom. The number of carbonyl (C=O) groups is 1. The molecule has 1 atom stereocenters. The Morgan fingerprint density at radius 1 is 1.24 bits per heavy atom. The number of hydrogen-bond acceptors (Lipinski definition) is 3. The fraction of sp³-hybridized carbons (Fsp3) is 0.154. The molecule has 4 nitrogen and oxygen atoms in total. The molecule has 0 radical (unpaired) electrons. The molecular weight excluding hydrogens is 218 g/mol. The predicted molar refractivity (Wildman–Crippen MR) is 62.7 cm³/mol. The van der Waals surface area contributed by atoms with Crippen LogP contribution < -0.4 is 10.1 Å². The zero-order valence-corrected chi connectivity index (χ0v) is 9.42. The van der Waals surface area contributed by atoms with Crippen molar-refractivity contribution in [3.05, 3.63) is 54.5 Å². The molecule has 4 heteroatoms. The molecule has 0 saturated heterocycles. The van der Waals surface area contributed by atoms with Gasteiger partial charge in [0.1, 0.15) is 11.5 Å². The summed E-state index contributed by atoms with van der Waals surface area (Å²) in [6, 6.07) is 12.3. The summed E-state index contributed by atoms with van der Waals surface area (Å²) < 4.78 is 10.3. The maximum absolute atomic E-state index is 11.5. The van der Waals surface area contributed by atoms with Crippen LogP contribution in [0.3, 0.4) is 0 Å². The van der Waals surface area contributed by atoms with Gasteiger partial charge in [0.25, 0.3) is 0 Å². The SMILES string of the molecule is C[C@H](NC(=O)Oc1ccccc1)c1ccco1. The number of carbonyl (C=O) groups excluding carboxylic acids is 1. The van der Waals surface area contributed by atoms with E-state index in [1.807, 2.05) is 13.0 Å². The van der Waals surface area contributed by atoms with Gasteiger partial charge in [-0.15, -0.1) is 0 Å². The Morgan fingerprint density at radius 2 is 2.00 bits per heavy atom. The third-order valence-corrected chi connectivity index (χ3v) is 2.26. The van der Waals surface area contributed by atoms with E-state index >= 15 is 0 Å². The fourth-order valence-corrected chi connectivity index (χ4v) is 1.41. The molecule has 0 aliphatic heterocycles. The highest BCUT2D eigenvalue weighted by atomic mass is 16.6. The highest BCUT2D eigenvalue weighted by Gasteiger charge is 2.12. The van der Waals surface area contributed by atoms with Gasteiger partial charge in [0.2, 0.25) is 0 Å². The molecule has 0 fully saturated rings. The van der Waals surface area contributed by atoms with E-state index in [1.54, 1.807) is 42.7 Å². The summed E-state index contributed by atoms with van der Waals surface area (Å²) in [5.74, 6) is 1.20. The first-order valence-electron chi connectivity index (χ1n) is 5.32. The van der Waals surface area contributed by atoms with Gasteiger partial charge in [-0.3, -0.25) is 0 Å². The van der Waals surface area contributed by atoms with Crippen molar-refractivity contribution in [1.29, 1.82) is 0 Å². The van der Waals surface area contributed by atoms with Crippen molar-refractivity contribution < 1.29 is 13.9 Å². The van der Waals surface area contributed by atoms with Crippen LogP contribution in [0.15, 0.2) is 53.1 Å². The quantitative estimate of drug-likeness (QED) is 0.882. The maximum atomic E-state index is 11.5. The third-order valence-electron chi connectivity index (χ3n) is 2.26. The molecule has 1 amide bonds. The molecule has 1 heterocycles. The Balaban J connectivity index is 1.90. The largest absolute Gasteiger partial charge is 0.467 e. The number of furan rings is 1. The first-order chi connectivity index (χ1) is 8.25. The van der Waals surface area contributed by atoms with E-state index in [0.29, 0.717) is 11.5 Å². The van der Waals surface area contributed by atoms with Crippen LogP contribution in [0.2, 0.25) is 0 Å². The number of ether oxygens (including phenoxy) is 1. The van der Waals surface area contributed by atoms with E-state index in [-0.39, 0.29) is 6.04 Å². The molecule has 17 heavy (non-hydrogen) atoms. The van der Waals surface area contributed by atoms with Crippen LogP contribution in [0, 0.1) is 0 Å². The fourth-order valence-electron chi connectivity index (χ4n) is 1.41. The zero-order valence-electron chi connectivity index (χ0n) is 9.42. The minimum absolute atomic E-state index is 0.221. The number of para-hydroxylation sites is 1. The summed E-state index contributed by atoms with van der Waals surface area (Å²) in [7, 11) is 0. The second kappa shape index (κ2) is 5.21. The molecule has 1 aromatic heterocycles. The number of amides is 1. The minimum Gasteiger partial charge on any atom is -0.467 e. The predicted octanol–water partition coefficient (Wildman–Crippen LogP) is 3.13. The van der Waals surface area contributed by atoms with Crippen LogP contribution in [0.5, 0.6) is 5.75 Å². The van der Waals surface area contributed by atoms with E-state index in [9.17, 15) is 4.79 Å². The molecule has 0 aliphatic rings. The van der Waals surface area contributed by atoms with Crippen LogP contribution in [0.4, 0.5) is 4.79 Å². The summed E-state index contributed by atoms with van der Waals surface area (Å²) in [5.41, 5.74) is 0. The van der Waals surface area contributed by atoms with Gasteiger partial charge in [-0.25, -0.2) is 4.79 Å². The van der Waals surface area contributed by atoms with Gasteiger partial charge in [-0.2, -0.15) is 0 Å². The monoisotopic (exact) mass is 231 g/mol. The summed E-state index contributed by atoms with van der Waals surface area (Å²) in [4.78, 5) is 11.5. The second-order valence-corrected chi connectivity index (χ2v) is 3.58. The minimum atomic E-state index is -0.500. The molecule has 0 spiro atoms. The van der Waals surface area contributed by atoms with E-state index in [4.69, 9.17) is 9.15 Å². The summed E-state index contributed by atoms with van der Waals surface area (Å²) in [5, 5.41) is 2.68. The lowest BCUT2D eigenvalue weighted by Gasteiger charge is -2.11. The van der Waals surface area contributed by atoms with Crippen molar-refractivity contribution in [3.8, 4) is 5.75 Å². The standard InChI is InChI=1S/C13H13NO3/c1-10(12-8-5-9-16-12)14-13(15)17-11-6-3-2-4-7-11/h2-10H,1H3,(H,14,15)/t10-/m0/s1. The Hall–Kier alpha value is -2.23. The van der Waals surface area contributed by atoms with E-state index in [1.165, 1.54) is 0 Å². The average Bonchev–Trinajstić information content (AvgIpc) is 2.83. The number of benzene rings is 1. The van der Waals surface area contributed by atoms with Crippen LogP contribution in [-0.2, 0) is 0 Å². The van der Waals surface area contributed by atoms with Crippen molar-refractivity contribution >= 4 is 6.09 Å². The van der Waals surface area contributed by atoms with Crippen LogP contribution in [0.25, 0.3) is 0 Å². The number of hydrogen-bond donors (Lipinski definition) is 1. The van der Waals surface area contributed by atoms with Crippen LogP contribution in [0.1, 0.15) is 18.7 Å². The molecule has 2 rings (SSSR count). The Labute approximate surface area is 99.2 Å². The second-order valence-electron chi connectivity index (χ2n) is 3.58. The molecule has 0 unspecified atom stereocenters. The molecule has 1 aromatic carbocycles. The molecule has 0 saturated carbocycles. The summed E-state index contributed by atoms with van der Waals surface area (Å²) in [6.45, 7) is 1.82. The van der Waals surface area contributed by atoms with Gasteiger partial charge in [0.15, 0.2) is 0 Å². The van der Waals surface area contributed by atoms with E-state index < -0.39 is 6.09 Å². The van der Waals surface area contributed by atoms with Gasteiger partial charge in [0, 0.05) is 0 Å². The highest BCUT2D eigenvalue weighted by molar-refractivity contribution is 5.70. The summed E-state index contributed by atoms with van der Waals surface area (Å²) in [6.07, 6.45) is 1.07. The lowest BCUT2D eigenvalue weighted by Crippen LogP contribution is -2.29. The zero-order chi connectivity index (χ0) is 12.1. The van der Waals surface area contributed by atoms with E-state index in [2.05, 4.69) is 5.32 Å². The number of nitrogens with one attached hydrogen (secondary N) is 1. The van der Waals surface area contributed by atoms with Crippen LogP contribution in [-0.4, -0.2) is 6.09 Å². The molecule has 2 aromatic rings. The Kier molecular flexibility index (Phi) is 3.45. The van der Waals surface area contributed by atoms with Gasteiger partial charge in [0.05, 0.1) is 12.3 Å². The van der Waals surface area contributed by atoms with Crippen molar-refractivity contribution in [3.63, 3.8) is 0 Å². The average molecular weight is 231 g/mol. The molecule has 88 valence electrons. The summed E-state index contributed by atoms with van der Waals surface area (Å²) >= 11 is 0. The van der Waals surface area contributed by atoms with Gasteiger partial charge >= 0.3 is 6.09 Å². The Bertz CT molecular complexity index is 465. The highest BCUT2D eigenvalue weighted by Crippen LogP contribution is 2.13. The van der Waals surface area contributed by atoms with Crippen molar-refractivity contribution in [2.24, 2.45) is 0 Å². The molecule has 0 aliphatic carbocycles. The molecular formula is C13H13NO3. The lowest BCUT2D eigenvalue weighted by atomic mass is 10.3. The van der Waals surface area contributed by atoms with Crippen molar-refractivity contribution in [2.45, 2.75) is 13.0 Å². The molecule has 0 bridgehead atoms. The van der Waals surface area contributed by atoms with Gasteiger partial charge in [-0.1, -0.05) is 18.2 Å². The molecule has 1 N–H and O–H groups in total. The van der Waals surface area contributed by atoms with Gasteiger partial charge in [-0.05, 0) is 31.2 Å².